The normalized spacial score (nSPS) is 11.3. The van der Waals surface area contributed by atoms with Crippen molar-refractivity contribution in [3.05, 3.63) is 64.3 Å². The van der Waals surface area contributed by atoms with Gasteiger partial charge in [0, 0.05) is 37.1 Å². The van der Waals surface area contributed by atoms with E-state index < -0.39 is 0 Å². The first-order chi connectivity index (χ1) is 9.97. The number of Topliss-reactive ketones (excluding diaryl/α,β-unsaturated/α-hetero) is 1. The van der Waals surface area contributed by atoms with Crippen LogP contribution in [0.25, 0.3) is 5.57 Å². The fourth-order valence-corrected chi connectivity index (χ4v) is 2.01. The van der Waals surface area contributed by atoms with Crippen molar-refractivity contribution in [1.29, 1.82) is 0 Å². The Bertz CT molecular complexity index is 682. The summed E-state index contributed by atoms with van der Waals surface area (Å²) in [6.07, 6.45) is 3.22. The summed E-state index contributed by atoms with van der Waals surface area (Å²) >= 11 is 11.7. The van der Waals surface area contributed by atoms with Crippen molar-refractivity contribution in [2.45, 2.75) is 0 Å². The zero-order chi connectivity index (χ0) is 15.4. The van der Waals surface area contributed by atoms with Crippen LogP contribution in [-0.2, 0) is 0 Å². The van der Waals surface area contributed by atoms with Crippen LogP contribution >= 0.6 is 23.2 Å². The van der Waals surface area contributed by atoms with Crippen LogP contribution in [0.1, 0.15) is 16.1 Å². The van der Waals surface area contributed by atoms with Crippen molar-refractivity contribution in [2.75, 3.05) is 14.1 Å². The van der Waals surface area contributed by atoms with Crippen LogP contribution < -0.4 is 0 Å². The number of hydrogen-bond donors (Lipinski definition) is 0. The molecule has 108 valence electrons. The molecule has 0 saturated carbocycles. The number of nitrogens with zero attached hydrogens (tertiary/aromatic N) is 3. The Morgan fingerprint density at radius 2 is 1.81 bits per heavy atom. The summed E-state index contributed by atoms with van der Waals surface area (Å²) in [6.45, 7) is 0. The second-order valence-corrected chi connectivity index (χ2v) is 5.33. The molecule has 0 saturated heterocycles. The van der Waals surface area contributed by atoms with Gasteiger partial charge in [-0.1, -0.05) is 11.6 Å². The summed E-state index contributed by atoms with van der Waals surface area (Å²) < 4.78 is 0. The molecule has 0 N–H and O–H groups in total. The third-order valence-electron chi connectivity index (χ3n) is 2.64. The minimum atomic E-state index is -0.157. The van der Waals surface area contributed by atoms with E-state index in [1.165, 1.54) is 6.20 Å². The van der Waals surface area contributed by atoms with Gasteiger partial charge in [0.15, 0.2) is 5.78 Å². The summed E-state index contributed by atoms with van der Waals surface area (Å²) in [6, 6.07) is 8.35. The molecule has 4 nitrogen and oxygen atoms in total. The van der Waals surface area contributed by atoms with Crippen molar-refractivity contribution in [1.82, 2.24) is 14.9 Å². The lowest BCUT2D eigenvalue weighted by Gasteiger charge is -2.11. The fraction of sp³-hybridized carbons (Fsp3) is 0.133. The number of halogens is 2. The summed E-state index contributed by atoms with van der Waals surface area (Å²) in [7, 11) is 3.66. The third kappa shape index (κ3) is 4.03. The van der Waals surface area contributed by atoms with Crippen molar-refractivity contribution in [3.63, 3.8) is 0 Å². The lowest BCUT2D eigenvalue weighted by Crippen LogP contribution is -2.10. The van der Waals surface area contributed by atoms with Gasteiger partial charge in [0.1, 0.15) is 0 Å². The van der Waals surface area contributed by atoms with Crippen LogP contribution in [0.2, 0.25) is 10.3 Å². The topological polar surface area (TPSA) is 46.1 Å². The van der Waals surface area contributed by atoms with Gasteiger partial charge in [-0.05, 0) is 41.9 Å². The predicted molar refractivity (Wildman–Crippen MR) is 84.5 cm³/mol. The van der Waals surface area contributed by atoms with Gasteiger partial charge in [-0.2, -0.15) is 0 Å². The van der Waals surface area contributed by atoms with E-state index in [0.717, 1.165) is 0 Å². The third-order valence-corrected chi connectivity index (χ3v) is 3.07. The zero-order valence-corrected chi connectivity index (χ0v) is 13.1. The molecule has 0 unspecified atom stereocenters. The zero-order valence-electron chi connectivity index (χ0n) is 11.5. The molecule has 2 aromatic rings. The van der Waals surface area contributed by atoms with Crippen LogP contribution in [0, 0.1) is 0 Å². The van der Waals surface area contributed by atoms with Gasteiger partial charge in [-0.3, -0.25) is 4.79 Å². The Labute approximate surface area is 133 Å². The molecule has 1 heterocycles. The minimum Gasteiger partial charge on any atom is -0.383 e. The highest BCUT2D eigenvalue weighted by atomic mass is 35.5. The molecule has 0 aliphatic heterocycles. The number of hydrogen-bond acceptors (Lipinski definition) is 4. The van der Waals surface area contributed by atoms with Gasteiger partial charge in [0.05, 0.1) is 11.3 Å². The van der Waals surface area contributed by atoms with E-state index in [1.807, 2.05) is 14.1 Å². The standard InChI is InChI=1S/C15H13Cl2N3O/c1-20(2)9-12(13-7-8-18-15(17)19-13)14(21)10-3-5-11(16)6-4-10/h3-9H,1-2H3/b12-9-. The highest BCUT2D eigenvalue weighted by Crippen LogP contribution is 2.20. The van der Waals surface area contributed by atoms with E-state index in [4.69, 9.17) is 23.2 Å². The highest BCUT2D eigenvalue weighted by Gasteiger charge is 2.16. The second-order valence-electron chi connectivity index (χ2n) is 4.55. The summed E-state index contributed by atoms with van der Waals surface area (Å²) in [5.41, 5.74) is 1.44. The monoisotopic (exact) mass is 321 g/mol. The van der Waals surface area contributed by atoms with E-state index in [2.05, 4.69) is 9.97 Å². The van der Waals surface area contributed by atoms with Gasteiger partial charge < -0.3 is 4.90 Å². The number of carbonyl (C=O) groups excluding carboxylic acids is 1. The quantitative estimate of drug-likeness (QED) is 0.490. The summed E-state index contributed by atoms with van der Waals surface area (Å²) in [5.74, 6) is -0.157. The lowest BCUT2D eigenvalue weighted by molar-refractivity contribution is 0.105. The van der Waals surface area contributed by atoms with Crippen LogP contribution in [0.5, 0.6) is 0 Å². The molecule has 1 aromatic carbocycles. The first-order valence-corrected chi connectivity index (χ1v) is 6.90. The van der Waals surface area contributed by atoms with E-state index in [1.54, 1.807) is 41.4 Å². The molecule has 0 aliphatic rings. The second kappa shape index (κ2) is 6.70. The summed E-state index contributed by atoms with van der Waals surface area (Å²) in [4.78, 5) is 22.4. The minimum absolute atomic E-state index is 0.0982. The first kappa shape index (κ1) is 15.5. The molecule has 0 fully saturated rings. The highest BCUT2D eigenvalue weighted by molar-refractivity contribution is 6.32. The van der Waals surface area contributed by atoms with Gasteiger partial charge in [-0.25, -0.2) is 9.97 Å². The number of rotatable bonds is 4. The van der Waals surface area contributed by atoms with Crippen molar-refractivity contribution < 1.29 is 4.79 Å². The molecule has 0 atom stereocenters. The fourth-order valence-electron chi connectivity index (χ4n) is 1.74. The van der Waals surface area contributed by atoms with E-state index in [9.17, 15) is 4.79 Å². The molecule has 2 rings (SSSR count). The number of benzene rings is 1. The van der Waals surface area contributed by atoms with Gasteiger partial charge in [0.2, 0.25) is 5.28 Å². The van der Waals surface area contributed by atoms with Crippen LogP contribution in [0.4, 0.5) is 0 Å². The lowest BCUT2D eigenvalue weighted by atomic mass is 10.0. The molecule has 21 heavy (non-hydrogen) atoms. The van der Waals surface area contributed by atoms with E-state index in [-0.39, 0.29) is 11.1 Å². The molecular formula is C15H13Cl2N3O. The Kier molecular flexibility index (Phi) is 4.94. The predicted octanol–water partition coefficient (Wildman–Crippen LogP) is 3.57. The molecular weight excluding hydrogens is 309 g/mol. The SMILES string of the molecule is CN(C)/C=C(\C(=O)c1ccc(Cl)cc1)c1ccnc(Cl)n1. The number of allylic oxidation sites excluding steroid dienone is 1. The van der Waals surface area contributed by atoms with Crippen LogP contribution in [0.15, 0.2) is 42.7 Å². The Morgan fingerprint density at radius 1 is 1.14 bits per heavy atom. The van der Waals surface area contributed by atoms with Gasteiger partial charge in [-0.15, -0.1) is 0 Å². The molecule has 0 bridgehead atoms. The van der Waals surface area contributed by atoms with E-state index in [0.29, 0.717) is 21.9 Å². The largest absolute Gasteiger partial charge is 0.383 e. The Morgan fingerprint density at radius 3 is 2.38 bits per heavy atom. The van der Waals surface area contributed by atoms with E-state index >= 15 is 0 Å². The average Bonchev–Trinajstić information content (AvgIpc) is 2.44. The number of aromatic nitrogens is 2. The summed E-state index contributed by atoms with van der Waals surface area (Å²) in [5, 5.41) is 0.677. The van der Waals surface area contributed by atoms with Crippen molar-refractivity contribution in [3.8, 4) is 0 Å². The molecule has 0 spiro atoms. The van der Waals surface area contributed by atoms with Crippen LogP contribution in [-0.4, -0.2) is 34.7 Å². The molecule has 6 heteroatoms. The smallest absolute Gasteiger partial charge is 0.222 e. The van der Waals surface area contributed by atoms with Crippen molar-refractivity contribution in [2.24, 2.45) is 0 Å². The Hall–Kier alpha value is -1.91. The average molecular weight is 322 g/mol. The molecule has 0 aliphatic carbocycles. The molecule has 0 amide bonds. The Balaban J connectivity index is 2.46. The van der Waals surface area contributed by atoms with Gasteiger partial charge >= 0.3 is 0 Å². The molecule has 0 radical (unpaired) electrons. The maximum Gasteiger partial charge on any atom is 0.222 e. The first-order valence-electron chi connectivity index (χ1n) is 6.15. The number of ketones is 1. The maximum absolute atomic E-state index is 12.7. The number of carbonyl (C=O) groups is 1. The van der Waals surface area contributed by atoms with Gasteiger partial charge in [0.25, 0.3) is 0 Å². The molecule has 1 aromatic heterocycles. The maximum atomic E-state index is 12.7. The van der Waals surface area contributed by atoms with Crippen molar-refractivity contribution >= 4 is 34.6 Å². The van der Waals surface area contributed by atoms with Crippen LogP contribution in [0.3, 0.4) is 0 Å².